The maximum atomic E-state index is 12.3. The summed E-state index contributed by atoms with van der Waals surface area (Å²) in [6.07, 6.45) is 0. The molecule has 0 radical (unpaired) electrons. The standard InChI is InChI=1S/C19H24N2O5S/c1-4-26-16-9-11-17(12-10-16)27(23,24)20-13-19(22)21(2)14-15-7-5-6-8-18(15)25-3/h5-12,20H,4,13-14H2,1-3H3. The molecule has 2 aromatic carbocycles. The molecule has 7 nitrogen and oxygen atoms in total. The van der Waals surface area contributed by atoms with Crippen LogP contribution in [0.4, 0.5) is 0 Å². The zero-order valence-corrected chi connectivity index (χ0v) is 16.5. The Hall–Kier alpha value is -2.58. The van der Waals surface area contributed by atoms with Gasteiger partial charge in [0.15, 0.2) is 0 Å². The van der Waals surface area contributed by atoms with Crippen LogP contribution in [0.1, 0.15) is 12.5 Å². The number of methoxy groups -OCH3 is 1. The summed E-state index contributed by atoms with van der Waals surface area (Å²) in [5, 5.41) is 0. The minimum absolute atomic E-state index is 0.0751. The van der Waals surface area contributed by atoms with Crippen molar-refractivity contribution in [3.8, 4) is 11.5 Å². The number of benzene rings is 2. The number of para-hydroxylation sites is 1. The van der Waals surface area contributed by atoms with Gasteiger partial charge in [-0.3, -0.25) is 4.79 Å². The minimum atomic E-state index is -3.78. The summed E-state index contributed by atoms with van der Waals surface area (Å²) >= 11 is 0. The Morgan fingerprint density at radius 3 is 2.41 bits per heavy atom. The fourth-order valence-electron chi connectivity index (χ4n) is 2.43. The average Bonchev–Trinajstić information content (AvgIpc) is 2.67. The molecule has 0 saturated heterocycles. The molecule has 0 aliphatic rings. The van der Waals surface area contributed by atoms with Gasteiger partial charge >= 0.3 is 0 Å². The van der Waals surface area contributed by atoms with Crippen LogP contribution in [0, 0.1) is 0 Å². The molecule has 0 bridgehead atoms. The molecule has 0 aliphatic heterocycles. The Balaban J connectivity index is 1.96. The first-order valence-corrected chi connectivity index (χ1v) is 9.94. The summed E-state index contributed by atoms with van der Waals surface area (Å²) in [4.78, 5) is 13.8. The van der Waals surface area contributed by atoms with Crippen molar-refractivity contribution < 1.29 is 22.7 Å². The van der Waals surface area contributed by atoms with Crippen molar-refractivity contribution in [3.63, 3.8) is 0 Å². The zero-order valence-electron chi connectivity index (χ0n) is 15.6. The van der Waals surface area contributed by atoms with E-state index in [0.717, 1.165) is 5.56 Å². The van der Waals surface area contributed by atoms with Crippen molar-refractivity contribution in [1.29, 1.82) is 0 Å². The zero-order chi connectivity index (χ0) is 19.9. The number of ether oxygens (including phenoxy) is 2. The predicted octanol–water partition coefficient (Wildman–Crippen LogP) is 2.03. The largest absolute Gasteiger partial charge is 0.496 e. The number of carbonyl (C=O) groups is 1. The highest BCUT2D eigenvalue weighted by Crippen LogP contribution is 2.19. The van der Waals surface area contributed by atoms with Gasteiger partial charge in [0.25, 0.3) is 0 Å². The van der Waals surface area contributed by atoms with Crippen LogP contribution in [0.3, 0.4) is 0 Å². The van der Waals surface area contributed by atoms with Crippen LogP contribution in [-0.4, -0.2) is 46.5 Å². The predicted molar refractivity (Wildman–Crippen MR) is 102 cm³/mol. The van der Waals surface area contributed by atoms with E-state index < -0.39 is 10.0 Å². The molecule has 2 rings (SSSR count). The van der Waals surface area contributed by atoms with E-state index >= 15 is 0 Å². The van der Waals surface area contributed by atoms with Crippen molar-refractivity contribution >= 4 is 15.9 Å². The summed E-state index contributed by atoms with van der Waals surface area (Å²) in [5.74, 6) is 0.909. The van der Waals surface area contributed by atoms with Crippen molar-refractivity contribution in [1.82, 2.24) is 9.62 Å². The highest BCUT2D eigenvalue weighted by Gasteiger charge is 2.18. The molecule has 146 valence electrons. The molecule has 8 heteroatoms. The van der Waals surface area contributed by atoms with Crippen LogP contribution in [0.5, 0.6) is 11.5 Å². The number of sulfonamides is 1. The van der Waals surface area contributed by atoms with E-state index in [2.05, 4.69) is 4.72 Å². The van der Waals surface area contributed by atoms with E-state index in [4.69, 9.17) is 9.47 Å². The topological polar surface area (TPSA) is 84.9 Å². The first-order valence-electron chi connectivity index (χ1n) is 8.45. The van der Waals surface area contributed by atoms with Crippen molar-refractivity contribution in [2.24, 2.45) is 0 Å². The van der Waals surface area contributed by atoms with Crippen molar-refractivity contribution in [2.45, 2.75) is 18.4 Å². The second-order valence-corrected chi connectivity index (χ2v) is 7.56. The van der Waals surface area contributed by atoms with E-state index in [1.807, 2.05) is 31.2 Å². The minimum Gasteiger partial charge on any atom is -0.496 e. The summed E-state index contributed by atoms with van der Waals surface area (Å²) < 4.78 is 37.6. The summed E-state index contributed by atoms with van der Waals surface area (Å²) in [5.41, 5.74) is 0.838. The molecule has 0 saturated carbocycles. The van der Waals surface area contributed by atoms with Crippen LogP contribution in [0.25, 0.3) is 0 Å². The monoisotopic (exact) mass is 392 g/mol. The first kappa shape index (κ1) is 20.7. The summed E-state index contributed by atoms with van der Waals surface area (Å²) in [7, 11) is -0.612. The highest BCUT2D eigenvalue weighted by molar-refractivity contribution is 7.89. The fraction of sp³-hybridized carbons (Fsp3) is 0.316. The Bertz CT molecular complexity index is 866. The van der Waals surface area contributed by atoms with Gasteiger partial charge in [0, 0.05) is 19.2 Å². The summed E-state index contributed by atoms with van der Waals surface area (Å²) in [6, 6.07) is 13.4. The molecule has 0 atom stereocenters. The molecular formula is C19H24N2O5S. The molecule has 27 heavy (non-hydrogen) atoms. The lowest BCUT2D eigenvalue weighted by Gasteiger charge is -2.19. The lowest BCUT2D eigenvalue weighted by molar-refractivity contribution is -0.129. The van der Waals surface area contributed by atoms with E-state index in [9.17, 15) is 13.2 Å². The van der Waals surface area contributed by atoms with Gasteiger partial charge in [-0.15, -0.1) is 0 Å². The molecular weight excluding hydrogens is 368 g/mol. The quantitative estimate of drug-likeness (QED) is 0.706. The number of hydrogen-bond donors (Lipinski definition) is 1. The van der Waals surface area contributed by atoms with Gasteiger partial charge in [-0.2, -0.15) is 0 Å². The number of amides is 1. The Labute approximate surface area is 160 Å². The van der Waals surface area contributed by atoms with E-state index in [-0.39, 0.29) is 17.3 Å². The third kappa shape index (κ3) is 5.70. The van der Waals surface area contributed by atoms with Crippen molar-refractivity contribution in [2.75, 3.05) is 27.3 Å². The second kappa shape index (κ2) is 9.38. The first-order chi connectivity index (χ1) is 12.9. The molecule has 0 unspecified atom stereocenters. The van der Waals surface area contributed by atoms with Gasteiger partial charge in [-0.1, -0.05) is 18.2 Å². The van der Waals surface area contributed by atoms with Gasteiger partial charge in [0.1, 0.15) is 11.5 Å². The maximum Gasteiger partial charge on any atom is 0.241 e. The van der Waals surface area contributed by atoms with Gasteiger partial charge in [0.05, 0.1) is 25.2 Å². The van der Waals surface area contributed by atoms with Gasteiger partial charge in [0.2, 0.25) is 15.9 Å². The number of hydrogen-bond acceptors (Lipinski definition) is 5. The number of nitrogens with zero attached hydrogens (tertiary/aromatic N) is 1. The van der Waals surface area contributed by atoms with Crippen LogP contribution >= 0.6 is 0 Å². The van der Waals surface area contributed by atoms with Gasteiger partial charge < -0.3 is 14.4 Å². The Kier molecular flexibility index (Phi) is 7.20. The van der Waals surface area contributed by atoms with Crippen LogP contribution in [-0.2, 0) is 21.4 Å². The number of rotatable bonds is 9. The molecule has 0 heterocycles. The summed E-state index contributed by atoms with van der Waals surface area (Å²) in [6.45, 7) is 2.32. The number of nitrogens with one attached hydrogen (secondary N) is 1. The Morgan fingerprint density at radius 1 is 1.11 bits per heavy atom. The Morgan fingerprint density at radius 2 is 1.78 bits per heavy atom. The van der Waals surface area contributed by atoms with Crippen LogP contribution < -0.4 is 14.2 Å². The fourth-order valence-corrected chi connectivity index (χ4v) is 3.41. The normalized spacial score (nSPS) is 11.1. The van der Waals surface area contributed by atoms with Gasteiger partial charge in [-0.25, -0.2) is 13.1 Å². The number of likely N-dealkylation sites (N-methyl/N-ethyl adjacent to an activating group) is 1. The lowest BCUT2D eigenvalue weighted by Crippen LogP contribution is -2.37. The third-order valence-corrected chi connectivity index (χ3v) is 5.30. The lowest BCUT2D eigenvalue weighted by atomic mass is 10.2. The smallest absolute Gasteiger partial charge is 0.241 e. The van der Waals surface area contributed by atoms with E-state index in [0.29, 0.717) is 24.7 Å². The van der Waals surface area contributed by atoms with Gasteiger partial charge in [-0.05, 0) is 37.3 Å². The maximum absolute atomic E-state index is 12.3. The molecule has 0 spiro atoms. The SMILES string of the molecule is CCOc1ccc(S(=O)(=O)NCC(=O)N(C)Cc2ccccc2OC)cc1. The second-order valence-electron chi connectivity index (χ2n) is 5.79. The van der Waals surface area contributed by atoms with E-state index in [1.54, 1.807) is 26.3 Å². The molecule has 0 fully saturated rings. The third-order valence-electron chi connectivity index (χ3n) is 3.88. The molecule has 1 N–H and O–H groups in total. The molecule has 2 aromatic rings. The molecule has 1 amide bonds. The van der Waals surface area contributed by atoms with E-state index in [1.165, 1.54) is 17.0 Å². The van der Waals surface area contributed by atoms with Crippen molar-refractivity contribution in [3.05, 3.63) is 54.1 Å². The molecule has 0 aromatic heterocycles. The number of carbonyl (C=O) groups excluding carboxylic acids is 1. The average molecular weight is 392 g/mol. The highest BCUT2D eigenvalue weighted by atomic mass is 32.2. The molecule has 0 aliphatic carbocycles. The van der Waals surface area contributed by atoms with Crippen LogP contribution in [0.15, 0.2) is 53.4 Å². The van der Waals surface area contributed by atoms with Crippen LogP contribution in [0.2, 0.25) is 0 Å².